The third kappa shape index (κ3) is 5.23. The molecule has 0 saturated carbocycles. The van der Waals surface area contributed by atoms with E-state index in [-0.39, 0.29) is 17.3 Å². The van der Waals surface area contributed by atoms with Crippen LogP contribution in [0.15, 0.2) is 75.8 Å². The van der Waals surface area contributed by atoms with Gasteiger partial charge in [-0.2, -0.15) is 0 Å². The zero-order valence-electron chi connectivity index (χ0n) is 18.3. The van der Waals surface area contributed by atoms with Crippen molar-refractivity contribution in [3.63, 3.8) is 0 Å². The van der Waals surface area contributed by atoms with E-state index in [2.05, 4.69) is 20.9 Å². The lowest BCUT2D eigenvalue weighted by Gasteiger charge is -2.14. The van der Waals surface area contributed by atoms with Crippen molar-refractivity contribution in [2.45, 2.75) is 13.8 Å². The molecule has 0 radical (unpaired) electrons. The summed E-state index contributed by atoms with van der Waals surface area (Å²) in [5.74, 6) is -0.934. The number of nitrogens with zero attached hydrogens (tertiary/aromatic N) is 1. The highest BCUT2D eigenvalue weighted by atomic mass is 79.9. The minimum atomic E-state index is -0.636. The van der Waals surface area contributed by atoms with Gasteiger partial charge in [0, 0.05) is 5.56 Å². The van der Waals surface area contributed by atoms with Crippen LogP contribution in [0.3, 0.4) is 0 Å². The van der Waals surface area contributed by atoms with Gasteiger partial charge in [-0.1, -0.05) is 17.7 Å². The van der Waals surface area contributed by atoms with Gasteiger partial charge in [-0.05, 0) is 89.9 Å². The molecule has 8 heteroatoms. The molecule has 0 aliphatic carbocycles. The van der Waals surface area contributed by atoms with Gasteiger partial charge in [0.15, 0.2) is 17.2 Å². The van der Waals surface area contributed by atoms with Gasteiger partial charge in [0.2, 0.25) is 5.90 Å². The summed E-state index contributed by atoms with van der Waals surface area (Å²) in [5, 5.41) is 0. The number of aryl methyl sites for hydroxylation is 1. The molecule has 0 saturated heterocycles. The van der Waals surface area contributed by atoms with Crippen molar-refractivity contribution in [3.05, 3.63) is 98.9 Å². The molecule has 0 spiro atoms. The predicted octanol–water partition coefficient (Wildman–Crippen LogP) is 5.86. The molecular formula is C26H19BrFNO5. The van der Waals surface area contributed by atoms with Crippen molar-refractivity contribution >= 4 is 39.8 Å². The van der Waals surface area contributed by atoms with Gasteiger partial charge in [-0.3, -0.25) is 0 Å². The van der Waals surface area contributed by atoms with E-state index in [1.165, 1.54) is 30.3 Å². The summed E-state index contributed by atoms with van der Waals surface area (Å²) >= 11 is 3.43. The number of aliphatic imine (C=N–C) groups is 1. The Balaban J connectivity index is 1.64. The van der Waals surface area contributed by atoms with Crippen LogP contribution in [0.5, 0.6) is 11.5 Å². The van der Waals surface area contributed by atoms with E-state index in [4.69, 9.17) is 14.2 Å². The minimum Gasteiger partial charge on any atom is -0.490 e. The molecule has 0 atom stereocenters. The maximum atomic E-state index is 13.2. The van der Waals surface area contributed by atoms with Crippen LogP contribution in [0.4, 0.5) is 4.39 Å². The van der Waals surface area contributed by atoms with Gasteiger partial charge in [0.25, 0.3) is 0 Å². The molecule has 1 aliphatic rings. The molecule has 6 nitrogen and oxygen atoms in total. The quantitative estimate of drug-likeness (QED) is 0.230. The number of halogens is 2. The van der Waals surface area contributed by atoms with Crippen molar-refractivity contribution in [3.8, 4) is 11.5 Å². The Morgan fingerprint density at radius 3 is 2.62 bits per heavy atom. The Hall–Kier alpha value is -3.78. The average molecular weight is 524 g/mol. The van der Waals surface area contributed by atoms with Gasteiger partial charge < -0.3 is 14.2 Å². The number of carbonyl (C=O) groups is 2. The lowest BCUT2D eigenvalue weighted by molar-refractivity contribution is -0.129. The molecule has 1 aliphatic heterocycles. The molecule has 1 heterocycles. The maximum absolute atomic E-state index is 13.2. The van der Waals surface area contributed by atoms with Gasteiger partial charge in [0.1, 0.15) is 5.82 Å². The van der Waals surface area contributed by atoms with Gasteiger partial charge in [-0.15, -0.1) is 0 Å². The van der Waals surface area contributed by atoms with Gasteiger partial charge >= 0.3 is 11.9 Å². The smallest absolute Gasteiger partial charge is 0.363 e. The first-order chi connectivity index (χ1) is 16.3. The lowest BCUT2D eigenvalue weighted by atomic mass is 10.1. The van der Waals surface area contributed by atoms with Gasteiger partial charge in [-0.25, -0.2) is 19.0 Å². The van der Waals surface area contributed by atoms with Crippen molar-refractivity contribution in [1.82, 2.24) is 0 Å². The fraction of sp³-hybridized carbons (Fsp3) is 0.115. The molecule has 34 heavy (non-hydrogen) atoms. The second-order valence-electron chi connectivity index (χ2n) is 7.36. The summed E-state index contributed by atoms with van der Waals surface area (Å²) in [5.41, 5.74) is 2.47. The second kappa shape index (κ2) is 10.0. The van der Waals surface area contributed by atoms with E-state index in [0.717, 1.165) is 5.56 Å². The summed E-state index contributed by atoms with van der Waals surface area (Å²) in [4.78, 5) is 29.2. The fourth-order valence-corrected chi connectivity index (χ4v) is 3.78. The lowest BCUT2D eigenvalue weighted by Crippen LogP contribution is -2.10. The standard InChI is InChI=1S/C26H19BrFNO5/c1-3-32-22-14-16(12-20(27)23(22)33-25(30)18-6-4-5-15(2)11-18)13-21-26(31)34-24(29-21)17-7-9-19(28)10-8-17/h4-14H,3H2,1-2H3/b21-13-. The molecule has 3 aromatic rings. The monoisotopic (exact) mass is 523 g/mol. The highest BCUT2D eigenvalue weighted by molar-refractivity contribution is 9.10. The predicted molar refractivity (Wildman–Crippen MR) is 128 cm³/mol. The number of hydrogen-bond donors (Lipinski definition) is 0. The third-order valence-electron chi connectivity index (χ3n) is 4.80. The largest absolute Gasteiger partial charge is 0.490 e. The minimum absolute atomic E-state index is 0.0678. The van der Waals surface area contributed by atoms with Crippen molar-refractivity contribution in [1.29, 1.82) is 0 Å². The summed E-state index contributed by atoms with van der Waals surface area (Å²) in [6.07, 6.45) is 1.53. The Bertz CT molecular complexity index is 1330. The van der Waals surface area contributed by atoms with Crippen LogP contribution in [0.2, 0.25) is 0 Å². The van der Waals surface area contributed by atoms with Crippen LogP contribution in [0, 0.1) is 12.7 Å². The topological polar surface area (TPSA) is 74.2 Å². The van der Waals surface area contributed by atoms with E-state index in [9.17, 15) is 14.0 Å². The number of benzene rings is 3. The average Bonchev–Trinajstić information content (AvgIpc) is 3.16. The fourth-order valence-electron chi connectivity index (χ4n) is 3.24. The Morgan fingerprint density at radius 2 is 1.91 bits per heavy atom. The normalized spacial score (nSPS) is 14.1. The second-order valence-corrected chi connectivity index (χ2v) is 8.22. The molecule has 0 bridgehead atoms. The van der Waals surface area contributed by atoms with E-state index in [1.807, 2.05) is 13.0 Å². The number of ether oxygens (including phenoxy) is 3. The van der Waals surface area contributed by atoms with Crippen LogP contribution in [-0.4, -0.2) is 24.4 Å². The highest BCUT2D eigenvalue weighted by Gasteiger charge is 2.25. The maximum Gasteiger partial charge on any atom is 0.363 e. The molecule has 0 aromatic heterocycles. The molecule has 0 unspecified atom stereocenters. The molecule has 0 fully saturated rings. The van der Waals surface area contributed by atoms with Crippen LogP contribution in [0.1, 0.15) is 34.0 Å². The van der Waals surface area contributed by atoms with Crippen molar-refractivity contribution in [2.24, 2.45) is 4.99 Å². The van der Waals surface area contributed by atoms with E-state index in [1.54, 1.807) is 37.3 Å². The third-order valence-corrected chi connectivity index (χ3v) is 5.38. The van der Waals surface area contributed by atoms with E-state index >= 15 is 0 Å². The first kappa shape index (κ1) is 23.4. The van der Waals surface area contributed by atoms with E-state index in [0.29, 0.717) is 33.5 Å². The number of hydrogen-bond acceptors (Lipinski definition) is 6. The SMILES string of the molecule is CCOc1cc(/C=C2\N=C(c3ccc(F)cc3)OC2=O)cc(Br)c1OC(=O)c1cccc(C)c1. The summed E-state index contributed by atoms with van der Waals surface area (Å²) in [6, 6.07) is 15.9. The zero-order chi connectivity index (χ0) is 24.2. The highest BCUT2D eigenvalue weighted by Crippen LogP contribution is 2.38. The molecule has 4 rings (SSSR count). The summed E-state index contributed by atoms with van der Waals surface area (Å²) in [6.45, 7) is 4.02. The first-order valence-electron chi connectivity index (χ1n) is 10.4. The number of carbonyl (C=O) groups excluding carboxylic acids is 2. The van der Waals surface area contributed by atoms with Gasteiger partial charge in [0.05, 0.1) is 16.6 Å². The molecule has 0 N–H and O–H groups in total. The Morgan fingerprint density at radius 1 is 1.15 bits per heavy atom. The van der Waals surface area contributed by atoms with Crippen LogP contribution < -0.4 is 9.47 Å². The van der Waals surface area contributed by atoms with Crippen LogP contribution in [0.25, 0.3) is 6.08 Å². The first-order valence-corrected chi connectivity index (χ1v) is 11.2. The summed E-state index contributed by atoms with van der Waals surface area (Å²) < 4.78 is 30.2. The molecule has 0 amide bonds. The number of cyclic esters (lactones) is 1. The van der Waals surface area contributed by atoms with Crippen molar-refractivity contribution in [2.75, 3.05) is 6.61 Å². The van der Waals surface area contributed by atoms with E-state index < -0.39 is 17.8 Å². The number of rotatable bonds is 6. The van der Waals surface area contributed by atoms with Crippen LogP contribution in [-0.2, 0) is 9.53 Å². The number of esters is 2. The Kier molecular flexibility index (Phi) is 6.88. The van der Waals surface area contributed by atoms with Crippen LogP contribution >= 0.6 is 15.9 Å². The molecular weight excluding hydrogens is 505 g/mol. The van der Waals surface area contributed by atoms with Crippen molar-refractivity contribution < 1.29 is 28.2 Å². The zero-order valence-corrected chi connectivity index (χ0v) is 19.9. The summed E-state index contributed by atoms with van der Waals surface area (Å²) in [7, 11) is 0. The molecule has 172 valence electrons. The molecule has 3 aromatic carbocycles. The Labute approximate surface area is 203 Å².